The minimum atomic E-state index is -0.406. The van der Waals surface area contributed by atoms with Gasteiger partial charge in [-0.05, 0) is 37.6 Å². The highest BCUT2D eigenvalue weighted by Gasteiger charge is 2.13. The van der Waals surface area contributed by atoms with E-state index in [2.05, 4.69) is 15.5 Å². The molecular weight excluding hydrogens is 233 g/mol. The molecule has 1 heterocycles. The SMILES string of the molecule is Cc1cc(F)cc(C(=O)NC(C)c2cn[nH]c2)c1. The van der Waals surface area contributed by atoms with Gasteiger partial charge in [0.25, 0.3) is 5.91 Å². The average molecular weight is 247 g/mol. The summed E-state index contributed by atoms with van der Waals surface area (Å²) in [5, 5.41) is 9.28. The van der Waals surface area contributed by atoms with Crippen molar-refractivity contribution < 1.29 is 9.18 Å². The van der Waals surface area contributed by atoms with Crippen molar-refractivity contribution in [3.05, 3.63) is 53.1 Å². The summed E-state index contributed by atoms with van der Waals surface area (Å²) in [7, 11) is 0. The molecule has 1 aromatic carbocycles. The van der Waals surface area contributed by atoms with Crippen LogP contribution in [0.5, 0.6) is 0 Å². The van der Waals surface area contributed by atoms with E-state index in [1.54, 1.807) is 25.4 Å². The summed E-state index contributed by atoms with van der Waals surface area (Å²) in [5.74, 6) is -0.706. The zero-order valence-corrected chi connectivity index (χ0v) is 10.2. The fraction of sp³-hybridized carbons (Fsp3) is 0.231. The maximum atomic E-state index is 13.2. The molecule has 1 atom stereocenters. The predicted molar refractivity (Wildman–Crippen MR) is 65.6 cm³/mol. The van der Waals surface area contributed by atoms with Crippen molar-refractivity contribution in [2.45, 2.75) is 19.9 Å². The van der Waals surface area contributed by atoms with Crippen LogP contribution in [0.3, 0.4) is 0 Å². The Morgan fingerprint density at radius 2 is 2.22 bits per heavy atom. The van der Waals surface area contributed by atoms with Gasteiger partial charge in [0.2, 0.25) is 0 Å². The smallest absolute Gasteiger partial charge is 0.251 e. The molecule has 5 heteroatoms. The van der Waals surface area contributed by atoms with Crippen molar-refractivity contribution in [2.24, 2.45) is 0 Å². The summed E-state index contributed by atoms with van der Waals surface area (Å²) in [6, 6.07) is 4.08. The summed E-state index contributed by atoms with van der Waals surface area (Å²) in [5.41, 5.74) is 1.91. The maximum Gasteiger partial charge on any atom is 0.251 e. The predicted octanol–water partition coefficient (Wildman–Crippen LogP) is 2.35. The van der Waals surface area contributed by atoms with Gasteiger partial charge in [-0.1, -0.05) is 0 Å². The zero-order valence-electron chi connectivity index (χ0n) is 10.2. The minimum absolute atomic E-state index is 0.181. The monoisotopic (exact) mass is 247 g/mol. The molecule has 0 spiro atoms. The fourth-order valence-corrected chi connectivity index (χ4v) is 1.73. The van der Waals surface area contributed by atoms with Crippen LogP contribution in [-0.2, 0) is 0 Å². The number of aromatic nitrogens is 2. The molecular formula is C13H14FN3O. The molecule has 0 bridgehead atoms. The number of nitrogens with zero attached hydrogens (tertiary/aromatic N) is 1. The van der Waals surface area contributed by atoms with E-state index in [1.807, 2.05) is 6.92 Å². The lowest BCUT2D eigenvalue weighted by atomic mass is 10.1. The van der Waals surface area contributed by atoms with Gasteiger partial charge in [0.1, 0.15) is 5.82 Å². The van der Waals surface area contributed by atoms with Crippen LogP contribution < -0.4 is 5.32 Å². The quantitative estimate of drug-likeness (QED) is 0.874. The van der Waals surface area contributed by atoms with E-state index in [9.17, 15) is 9.18 Å². The third-order valence-corrected chi connectivity index (χ3v) is 2.67. The van der Waals surface area contributed by atoms with E-state index >= 15 is 0 Å². The van der Waals surface area contributed by atoms with Gasteiger partial charge in [0.05, 0.1) is 12.2 Å². The second-order valence-corrected chi connectivity index (χ2v) is 4.24. The highest BCUT2D eigenvalue weighted by Crippen LogP contribution is 2.12. The van der Waals surface area contributed by atoms with Crippen LogP contribution >= 0.6 is 0 Å². The van der Waals surface area contributed by atoms with E-state index in [0.717, 1.165) is 11.1 Å². The third-order valence-electron chi connectivity index (χ3n) is 2.67. The molecule has 0 saturated carbocycles. The number of hydrogen-bond donors (Lipinski definition) is 2. The van der Waals surface area contributed by atoms with Crippen LogP contribution in [0.15, 0.2) is 30.6 Å². The lowest BCUT2D eigenvalue weighted by Crippen LogP contribution is -2.26. The van der Waals surface area contributed by atoms with Gasteiger partial charge < -0.3 is 5.32 Å². The summed E-state index contributed by atoms with van der Waals surface area (Å²) < 4.78 is 13.2. The largest absolute Gasteiger partial charge is 0.345 e. The number of H-pyrrole nitrogens is 1. The second-order valence-electron chi connectivity index (χ2n) is 4.24. The number of carbonyl (C=O) groups excluding carboxylic acids is 1. The molecule has 0 aliphatic heterocycles. The summed E-state index contributed by atoms with van der Waals surface area (Å²) in [4.78, 5) is 11.9. The Kier molecular flexibility index (Phi) is 3.41. The molecule has 1 amide bonds. The topological polar surface area (TPSA) is 57.8 Å². The Morgan fingerprint density at radius 1 is 1.44 bits per heavy atom. The number of carbonyl (C=O) groups is 1. The molecule has 1 unspecified atom stereocenters. The van der Waals surface area contributed by atoms with Crippen LogP contribution in [0.4, 0.5) is 4.39 Å². The Morgan fingerprint density at radius 3 is 2.83 bits per heavy atom. The van der Waals surface area contributed by atoms with E-state index in [-0.39, 0.29) is 11.9 Å². The summed E-state index contributed by atoms with van der Waals surface area (Å²) in [6.07, 6.45) is 3.35. The standard InChI is InChI=1S/C13H14FN3O/c1-8-3-10(5-12(14)4-8)13(18)17-9(2)11-6-15-16-7-11/h3-7,9H,1-2H3,(H,15,16)(H,17,18). The van der Waals surface area contributed by atoms with Crippen molar-refractivity contribution in [1.29, 1.82) is 0 Å². The molecule has 0 fully saturated rings. The van der Waals surface area contributed by atoms with Crippen molar-refractivity contribution in [1.82, 2.24) is 15.5 Å². The van der Waals surface area contributed by atoms with E-state index in [1.165, 1.54) is 12.1 Å². The Balaban J connectivity index is 2.12. The molecule has 0 saturated heterocycles. The van der Waals surface area contributed by atoms with Crippen molar-refractivity contribution in [3.63, 3.8) is 0 Å². The van der Waals surface area contributed by atoms with Gasteiger partial charge in [-0.15, -0.1) is 0 Å². The number of benzene rings is 1. The number of rotatable bonds is 3. The molecule has 4 nitrogen and oxygen atoms in total. The van der Waals surface area contributed by atoms with Crippen LogP contribution in [0.2, 0.25) is 0 Å². The molecule has 2 aromatic rings. The fourth-order valence-electron chi connectivity index (χ4n) is 1.73. The van der Waals surface area contributed by atoms with Crippen molar-refractivity contribution in [2.75, 3.05) is 0 Å². The molecule has 0 aliphatic carbocycles. The Labute approximate surface area is 104 Å². The van der Waals surface area contributed by atoms with Crippen LogP contribution in [0.25, 0.3) is 0 Å². The van der Waals surface area contributed by atoms with Crippen molar-refractivity contribution >= 4 is 5.91 Å². The average Bonchev–Trinajstić information content (AvgIpc) is 2.80. The molecule has 2 rings (SSSR count). The second kappa shape index (κ2) is 5.00. The lowest BCUT2D eigenvalue weighted by molar-refractivity contribution is 0.0939. The normalized spacial score (nSPS) is 12.2. The number of aryl methyl sites for hydroxylation is 1. The molecule has 18 heavy (non-hydrogen) atoms. The first-order chi connectivity index (χ1) is 8.56. The zero-order chi connectivity index (χ0) is 13.1. The van der Waals surface area contributed by atoms with Gasteiger partial charge in [0, 0.05) is 17.3 Å². The number of hydrogen-bond acceptors (Lipinski definition) is 2. The first-order valence-corrected chi connectivity index (χ1v) is 5.63. The van der Waals surface area contributed by atoms with Crippen LogP contribution in [-0.4, -0.2) is 16.1 Å². The van der Waals surface area contributed by atoms with E-state index in [4.69, 9.17) is 0 Å². The summed E-state index contributed by atoms with van der Waals surface area (Å²) >= 11 is 0. The minimum Gasteiger partial charge on any atom is -0.345 e. The van der Waals surface area contributed by atoms with Crippen molar-refractivity contribution in [3.8, 4) is 0 Å². The summed E-state index contributed by atoms with van der Waals surface area (Å²) in [6.45, 7) is 3.59. The Hall–Kier alpha value is -2.17. The number of amides is 1. The number of nitrogens with one attached hydrogen (secondary N) is 2. The lowest BCUT2D eigenvalue weighted by Gasteiger charge is -2.12. The highest BCUT2D eigenvalue weighted by atomic mass is 19.1. The highest BCUT2D eigenvalue weighted by molar-refractivity contribution is 5.94. The van der Waals surface area contributed by atoms with Gasteiger partial charge >= 0.3 is 0 Å². The molecule has 0 aliphatic rings. The molecule has 2 N–H and O–H groups in total. The first kappa shape index (κ1) is 12.3. The van der Waals surface area contributed by atoms with Gasteiger partial charge in [0.15, 0.2) is 0 Å². The van der Waals surface area contributed by atoms with E-state index < -0.39 is 5.82 Å². The van der Waals surface area contributed by atoms with Gasteiger partial charge in [-0.3, -0.25) is 9.89 Å². The number of halogens is 1. The Bertz CT molecular complexity index is 531. The first-order valence-electron chi connectivity index (χ1n) is 5.63. The molecule has 94 valence electrons. The van der Waals surface area contributed by atoms with Gasteiger partial charge in [-0.2, -0.15) is 5.10 Å². The van der Waals surface area contributed by atoms with Crippen LogP contribution in [0.1, 0.15) is 34.5 Å². The number of aromatic amines is 1. The maximum absolute atomic E-state index is 13.2. The molecule has 1 aromatic heterocycles. The van der Waals surface area contributed by atoms with E-state index in [0.29, 0.717) is 5.56 Å². The van der Waals surface area contributed by atoms with Gasteiger partial charge in [-0.25, -0.2) is 4.39 Å². The third kappa shape index (κ3) is 2.74. The molecule has 0 radical (unpaired) electrons. The van der Waals surface area contributed by atoms with Crippen LogP contribution in [0, 0.1) is 12.7 Å².